The predicted octanol–water partition coefficient (Wildman–Crippen LogP) is 1.48. The SMILES string of the molecule is CCc1ncnc(N2CCC(C(=O)O)CC2)c1F. The van der Waals surface area contributed by atoms with Crippen LogP contribution in [0, 0.1) is 11.7 Å². The van der Waals surface area contributed by atoms with Crippen LogP contribution in [-0.2, 0) is 11.2 Å². The lowest BCUT2D eigenvalue weighted by atomic mass is 9.97. The summed E-state index contributed by atoms with van der Waals surface area (Å²) in [5, 5.41) is 8.91. The number of anilines is 1. The molecule has 0 bridgehead atoms. The highest BCUT2D eigenvalue weighted by molar-refractivity contribution is 5.70. The second-order valence-corrected chi connectivity index (χ2v) is 4.41. The van der Waals surface area contributed by atoms with Crippen LogP contribution < -0.4 is 4.90 Å². The molecule has 0 aliphatic carbocycles. The Labute approximate surface area is 105 Å². The van der Waals surface area contributed by atoms with Crippen LogP contribution in [-0.4, -0.2) is 34.1 Å². The van der Waals surface area contributed by atoms with Crippen molar-refractivity contribution >= 4 is 11.8 Å². The number of carboxylic acids is 1. The molecule has 1 aromatic heterocycles. The molecule has 1 saturated heterocycles. The number of aliphatic carboxylic acids is 1. The minimum absolute atomic E-state index is 0.297. The van der Waals surface area contributed by atoms with Crippen molar-refractivity contribution in [2.75, 3.05) is 18.0 Å². The number of nitrogens with zero attached hydrogens (tertiary/aromatic N) is 3. The van der Waals surface area contributed by atoms with E-state index in [1.54, 1.807) is 4.90 Å². The minimum Gasteiger partial charge on any atom is -0.481 e. The Bertz CT molecular complexity index is 445. The standard InChI is InChI=1S/C12H16FN3O2/c1-2-9-10(13)11(15-7-14-9)16-5-3-8(4-6-16)12(17)18/h7-8H,2-6H2,1H3,(H,17,18). The van der Waals surface area contributed by atoms with E-state index >= 15 is 0 Å². The molecule has 0 unspecified atom stereocenters. The fraction of sp³-hybridized carbons (Fsp3) is 0.583. The first-order valence-electron chi connectivity index (χ1n) is 6.10. The molecule has 1 aliphatic heterocycles. The summed E-state index contributed by atoms with van der Waals surface area (Å²) in [5.74, 6) is -1.18. The molecular formula is C12H16FN3O2. The highest BCUT2D eigenvalue weighted by Gasteiger charge is 2.27. The van der Waals surface area contributed by atoms with E-state index in [-0.39, 0.29) is 11.7 Å². The Kier molecular flexibility index (Phi) is 3.74. The highest BCUT2D eigenvalue weighted by atomic mass is 19.1. The third kappa shape index (κ3) is 2.42. The molecule has 18 heavy (non-hydrogen) atoms. The van der Waals surface area contributed by atoms with Gasteiger partial charge in [0.05, 0.1) is 11.6 Å². The molecule has 0 spiro atoms. The van der Waals surface area contributed by atoms with Gasteiger partial charge in [-0.1, -0.05) is 6.92 Å². The maximum absolute atomic E-state index is 14.0. The van der Waals surface area contributed by atoms with Crippen molar-refractivity contribution in [2.24, 2.45) is 5.92 Å². The number of carboxylic acid groups (broad SMARTS) is 1. The van der Waals surface area contributed by atoms with Crippen LogP contribution in [0.2, 0.25) is 0 Å². The van der Waals surface area contributed by atoms with Gasteiger partial charge in [-0.05, 0) is 19.3 Å². The fourth-order valence-electron chi connectivity index (χ4n) is 2.20. The van der Waals surface area contributed by atoms with Gasteiger partial charge in [0.15, 0.2) is 11.6 Å². The first kappa shape index (κ1) is 12.7. The van der Waals surface area contributed by atoms with Crippen LogP contribution in [0.5, 0.6) is 0 Å². The monoisotopic (exact) mass is 253 g/mol. The number of halogens is 1. The lowest BCUT2D eigenvalue weighted by molar-refractivity contribution is -0.142. The molecule has 2 rings (SSSR count). The van der Waals surface area contributed by atoms with Gasteiger partial charge in [-0.15, -0.1) is 0 Å². The second-order valence-electron chi connectivity index (χ2n) is 4.41. The number of rotatable bonds is 3. The second kappa shape index (κ2) is 5.29. The van der Waals surface area contributed by atoms with E-state index in [0.29, 0.717) is 43.9 Å². The molecule has 0 atom stereocenters. The topological polar surface area (TPSA) is 66.3 Å². The van der Waals surface area contributed by atoms with Gasteiger partial charge in [-0.25, -0.2) is 14.4 Å². The molecular weight excluding hydrogens is 237 g/mol. The molecule has 0 amide bonds. The van der Waals surface area contributed by atoms with Crippen LogP contribution in [0.1, 0.15) is 25.5 Å². The zero-order chi connectivity index (χ0) is 13.1. The molecule has 5 nitrogen and oxygen atoms in total. The molecule has 0 radical (unpaired) electrons. The Balaban J connectivity index is 2.12. The Morgan fingerprint density at radius 3 is 2.72 bits per heavy atom. The van der Waals surface area contributed by atoms with Gasteiger partial charge in [0.2, 0.25) is 0 Å². The molecule has 1 N–H and O–H groups in total. The number of aryl methyl sites for hydroxylation is 1. The van der Waals surface area contributed by atoms with Crippen molar-refractivity contribution in [3.05, 3.63) is 17.8 Å². The summed E-state index contributed by atoms with van der Waals surface area (Å²) in [7, 11) is 0. The molecule has 1 aromatic rings. The number of hydrogen-bond donors (Lipinski definition) is 1. The Morgan fingerprint density at radius 2 is 2.17 bits per heavy atom. The zero-order valence-electron chi connectivity index (χ0n) is 10.3. The van der Waals surface area contributed by atoms with Crippen LogP contribution in [0.25, 0.3) is 0 Å². The van der Waals surface area contributed by atoms with Gasteiger partial charge in [0.1, 0.15) is 6.33 Å². The third-order valence-electron chi connectivity index (χ3n) is 3.32. The Morgan fingerprint density at radius 1 is 1.50 bits per heavy atom. The quantitative estimate of drug-likeness (QED) is 0.883. The van der Waals surface area contributed by atoms with Crippen LogP contribution in [0.4, 0.5) is 10.2 Å². The molecule has 1 aliphatic rings. The van der Waals surface area contributed by atoms with Gasteiger partial charge in [0.25, 0.3) is 0 Å². The van der Waals surface area contributed by atoms with Crippen molar-refractivity contribution in [1.82, 2.24) is 9.97 Å². The fourth-order valence-corrected chi connectivity index (χ4v) is 2.20. The molecule has 2 heterocycles. The normalized spacial score (nSPS) is 16.9. The number of hydrogen-bond acceptors (Lipinski definition) is 4. The average Bonchev–Trinajstić information content (AvgIpc) is 2.39. The third-order valence-corrected chi connectivity index (χ3v) is 3.32. The van der Waals surface area contributed by atoms with E-state index in [2.05, 4.69) is 9.97 Å². The van der Waals surface area contributed by atoms with Gasteiger partial charge in [-0.2, -0.15) is 0 Å². The van der Waals surface area contributed by atoms with Gasteiger partial charge in [-0.3, -0.25) is 4.79 Å². The summed E-state index contributed by atoms with van der Waals surface area (Å²) < 4.78 is 14.0. The molecule has 6 heteroatoms. The van der Waals surface area contributed by atoms with Gasteiger partial charge in [0, 0.05) is 13.1 Å². The van der Waals surface area contributed by atoms with E-state index in [4.69, 9.17) is 5.11 Å². The van der Waals surface area contributed by atoms with E-state index in [9.17, 15) is 9.18 Å². The molecule has 0 saturated carbocycles. The highest BCUT2D eigenvalue weighted by Crippen LogP contribution is 2.24. The largest absolute Gasteiger partial charge is 0.481 e. The summed E-state index contributed by atoms with van der Waals surface area (Å²) in [6, 6.07) is 0. The van der Waals surface area contributed by atoms with Crippen LogP contribution >= 0.6 is 0 Å². The summed E-state index contributed by atoms with van der Waals surface area (Å²) in [4.78, 5) is 20.5. The van der Waals surface area contributed by atoms with Crippen molar-refractivity contribution in [2.45, 2.75) is 26.2 Å². The summed E-state index contributed by atoms with van der Waals surface area (Å²) >= 11 is 0. The van der Waals surface area contributed by atoms with Crippen molar-refractivity contribution in [3.8, 4) is 0 Å². The summed E-state index contributed by atoms with van der Waals surface area (Å²) in [5.41, 5.74) is 0.403. The first-order valence-corrected chi connectivity index (χ1v) is 6.10. The van der Waals surface area contributed by atoms with Crippen molar-refractivity contribution in [3.63, 3.8) is 0 Å². The summed E-state index contributed by atoms with van der Waals surface area (Å²) in [6.45, 7) is 2.88. The van der Waals surface area contributed by atoms with E-state index in [1.165, 1.54) is 6.33 Å². The minimum atomic E-state index is -0.771. The van der Waals surface area contributed by atoms with E-state index < -0.39 is 5.97 Å². The Hall–Kier alpha value is -1.72. The van der Waals surface area contributed by atoms with Crippen molar-refractivity contribution in [1.29, 1.82) is 0 Å². The maximum Gasteiger partial charge on any atom is 0.306 e. The van der Waals surface area contributed by atoms with Crippen LogP contribution in [0.15, 0.2) is 6.33 Å². The van der Waals surface area contributed by atoms with Crippen molar-refractivity contribution < 1.29 is 14.3 Å². The van der Waals surface area contributed by atoms with Gasteiger partial charge >= 0.3 is 5.97 Å². The molecule has 1 fully saturated rings. The lowest BCUT2D eigenvalue weighted by Gasteiger charge is -2.31. The number of aromatic nitrogens is 2. The lowest BCUT2D eigenvalue weighted by Crippen LogP contribution is -2.37. The number of carbonyl (C=O) groups is 1. The van der Waals surface area contributed by atoms with Gasteiger partial charge < -0.3 is 10.0 Å². The van der Waals surface area contributed by atoms with Crippen LogP contribution in [0.3, 0.4) is 0 Å². The average molecular weight is 253 g/mol. The predicted molar refractivity (Wildman–Crippen MR) is 63.9 cm³/mol. The summed E-state index contributed by atoms with van der Waals surface area (Å²) in [6.07, 6.45) is 2.94. The first-order chi connectivity index (χ1) is 8.63. The molecule has 0 aromatic carbocycles. The van der Waals surface area contributed by atoms with E-state index in [1.807, 2.05) is 6.92 Å². The zero-order valence-corrected chi connectivity index (χ0v) is 10.3. The molecule has 98 valence electrons. The smallest absolute Gasteiger partial charge is 0.306 e. The van der Waals surface area contributed by atoms with E-state index in [0.717, 1.165) is 0 Å². The number of piperidine rings is 1. The maximum atomic E-state index is 14.0.